The Bertz CT molecular complexity index is 202. The van der Waals surface area contributed by atoms with E-state index in [0.29, 0.717) is 6.61 Å². The molecule has 0 aromatic heterocycles. The summed E-state index contributed by atoms with van der Waals surface area (Å²) in [6, 6.07) is 0. The Morgan fingerprint density at radius 2 is 1.30 bits per heavy atom. The summed E-state index contributed by atoms with van der Waals surface area (Å²) < 4.78 is 8.94. The molecule has 4 nitrogen and oxygen atoms in total. The second-order valence-electron chi connectivity index (χ2n) is 5.26. The van der Waals surface area contributed by atoms with Crippen LogP contribution >= 0.6 is 0 Å². The standard InChI is InChI=1S/C14H28O3.C2H4O/c1-2-3-4-5-6-7-8-9-10-11-12-13-17-14(15)16;1-2-3-1/h2-13H2,1H3,(H,15,16);1-2H2. The number of hydrogen-bond donors (Lipinski definition) is 1. The van der Waals surface area contributed by atoms with Gasteiger partial charge in [-0.15, -0.1) is 0 Å². The first-order valence-electron chi connectivity index (χ1n) is 8.20. The van der Waals surface area contributed by atoms with Crippen molar-refractivity contribution in [2.45, 2.75) is 77.6 Å². The zero-order chi connectivity index (χ0) is 14.9. The summed E-state index contributed by atoms with van der Waals surface area (Å²) in [5.41, 5.74) is 0. The summed E-state index contributed by atoms with van der Waals surface area (Å²) in [6.45, 7) is 4.60. The number of carboxylic acid groups (broad SMARTS) is 1. The van der Waals surface area contributed by atoms with Gasteiger partial charge in [-0.25, -0.2) is 4.79 Å². The Hall–Kier alpha value is -0.770. The lowest BCUT2D eigenvalue weighted by Crippen LogP contribution is -2.01. The number of hydrogen-bond acceptors (Lipinski definition) is 3. The van der Waals surface area contributed by atoms with Crippen LogP contribution in [0, 0.1) is 0 Å². The van der Waals surface area contributed by atoms with Gasteiger partial charge in [0.25, 0.3) is 0 Å². The van der Waals surface area contributed by atoms with E-state index in [1.165, 1.54) is 57.8 Å². The van der Waals surface area contributed by atoms with Gasteiger partial charge in [-0.3, -0.25) is 0 Å². The van der Waals surface area contributed by atoms with Crippen molar-refractivity contribution in [3.63, 3.8) is 0 Å². The number of rotatable bonds is 12. The van der Waals surface area contributed by atoms with Crippen LogP contribution in [-0.2, 0) is 9.47 Å². The van der Waals surface area contributed by atoms with Gasteiger partial charge >= 0.3 is 6.16 Å². The van der Waals surface area contributed by atoms with E-state index in [0.717, 1.165) is 26.1 Å². The van der Waals surface area contributed by atoms with Crippen molar-refractivity contribution in [2.24, 2.45) is 0 Å². The highest BCUT2D eigenvalue weighted by molar-refractivity contribution is 5.56. The van der Waals surface area contributed by atoms with Crippen molar-refractivity contribution in [1.82, 2.24) is 0 Å². The molecule has 1 saturated heterocycles. The summed E-state index contributed by atoms with van der Waals surface area (Å²) in [7, 11) is 0. The van der Waals surface area contributed by atoms with Gasteiger partial charge in [-0.05, 0) is 6.42 Å². The van der Waals surface area contributed by atoms with Gasteiger partial charge in [0.2, 0.25) is 0 Å². The molecule has 0 bridgehead atoms. The molecule has 0 saturated carbocycles. The highest BCUT2D eigenvalue weighted by Gasteiger charge is 1.96. The predicted molar refractivity (Wildman–Crippen MR) is 81.3 cm³/mol. The van der Waals surface area contributed by atoms with E-state index in [1.54, 1.807) is 0 Å². The van der Waals surface area contributed by atoms with Crippen molar-refractivity contribution in [1.29, 1.82) is 0 Å². The minimum Gasteiger partial charge on any atom is -0.450 e. The van der Waals surface area contributed by atoms with Crippen LogP contribution in [0.1, 0.15) is 77.6 Å². The molecule has 0 spiro atoms. The van der Waals surface area contributed by atoms with Gasteiger partial charge < -0.3 is 14.6 Å². The summed E-state index contributed by atoms with van der Waals surface area (Å²) in [6.07, 6.45) is 12.8. The fourth-order valence-electron chi connectivity index (χ4n) is 1.93. The van der Waals surface area contributed by atoms with Gasteiger partial charge in [-0.1, -0.05) is 71.1 Å². The maximum absolute atomic E-state index is 10.1. The van der Waals surface area contributed by atoms with E-state index >= 15 is 0 Å². The average molecular weight is 288 g/mol. The van der Waals surface area contributed by atoms with Crippen molar-refractivity contribution in [3.05, 3.63) is 0 Å². The van der Waals surface area contributed by atoms with Crippen LogP contribution in [0.5, 0.6) is 0 Å². The first-order chi connectivity index (χ1) is 9.77. The molecule has 0 aromatic rings. The largest absolute Gasteiger partial charge is 0.505 e. The van der Waals surface area contributed by atoms with Crippen LogP contribution < -0.4 is 0 Å². The summed E-state index contributed by atoms with van der Waals surface area (Å²) >= 11 is 0. The molecular formula is C16H32O4. The molecule has 0 aromatic carbocycles. The molecule has 1 aliphatic rings. The minimum absolute atomic E-state index is 0.354. The van der Waals surface area contributed by atoms with E-state index in [1.807, 2.05) is 0 Å². The molecule has 20 heavy (non-hydrogen) atoms. The molecule has 0 radical (unpaired) electrons. The number of epoxide rings is 1. The zero-order valence-corrected chi connectivity index (χ0v) is 13.1. The van der Waals surface area contributed by atoms with E-state index in [2.05, 4.69) is 16.4 Å². The third-order valence-corrected chi connectivity index (χ3v) is 3.18. The van der Waals surface area contributed by atoms with E-state index in [4.69, 9.17) is 5.11 Å². The number of unbranched alkanes of at least 4 members (excludes halogenated alkanes) is 10. The maximum Gasteiger partial charge on any atom is 0.505 e. The van der Waals surface area contributed by atoms with Crippen LogP contribution in [-0.4, -0.2) is 31.1 Å². The lowest BCUT2D eigenvalue weighted by Gasteiger charge is -2.02. The number of carbonyl (C=O) groups is 1. The highest BCUT2D eigenvalue weighted by atomic mass is 16.7. The van der Waals surface area contributed by atoms with E-state index in [9.17, 15) is 4.79 Å². The smallest absolute Gasteiger partial charge is 0.450 e. The average Bonchev–Trinajstić information content (AvgIpc) is 3.28. The van der Waals surface area contributed by atoms with E-state index in [-0.39, 0.29) is 0 Å². The Balaban J connectivity index is 0.00000105. The first-order valence-corrected chi connectivity index (χ1v) is 8.20. The topological polar surface area (TPSA) is 59.1 Å². The van der Waals surface area contributed by atoms with Gasteiger partial charge in [-0.2, -0.15) is 0 Å². The molecule has 1 fully saturated rings. The first kappa shape index (κ1) is 19.2. The Labute approximate surface area is 123 Å². The fourth-order valence-corrected chi connectivity index (χ4v) is 1.93. The molecule has 1 N–H and O–H groups in total. The Morgan fingerprint density at radius 1 is 0.900 bits per heavy atom. The third-order valence-electron chi connectivity index (χ3n) is 3.18. The molecule has 1 heterocycles. The van der Waals surface area contributed by atoms with Crippen LogP contribution in [0.15, 0.2) is 0 Å². The molecule has 0 atom stereocenters. The molecule has 0 aliphatic carbocycles. The SMILES string of the molecule is C1CO1.CCCCCCCCCCCCCOC(=O)O. The van der Waals surface area contributed by atoms with Gasteiger partial charge in [0.15, 0.2) is 0 Å². The van der Waals surface area contributed by atoms with Gasteiger partial charge in [0.1, 0.15) is 0 Å². The van der Waals surface area contributed by atoms with Crippen molar-refractivity contribution in [3.8, 4) is 0 Å². The molecule has 1 aliphatic heterocycles. The fraction of sp³-hybridized carbons (Fsp3) is 0.938. The second-order valence-corrected chi connectivity index (χ2v) is 5.26. The number of ether oxygens (including phenoxy) is 2. The highest BCUT2D eigenvalue weighted by Crippen LogP contribution is 2.11. The van der Waals surface area contributed by atoms with Crippen LogP contribution in [0.4, 0.5) is 4.79 Å². The molecule has 120 valence electrons. The second kappa shape index (κ2) is 16.3. The maximum atomic E-state index is 10.1. The quantitative estimate of drug-likeness (QED) is 0.311. The Kier molecular flexibility index (Phi) is 15.7. The minimum atomic E-state index is -1.16. The monoisotopic (exact) mass is 288 g/mol. The lowest BCUT2D eigenvalue weighted by atomic mass is 10.1. The summed E-state index contributed by atoms with van der Waals surface area (Å²) in [4.78, 5) is 10.1. The molecule has 0 unspecified atom stereocenters. The molecule has 4 heteroatoms. The summed E-state index contributed by atoms with van der Waals surface area (Å²) in [5, 5.41) is 8.25. The normalized spacial score (nSPS) is 12.4. The van der Waals surface area contributed by atoms with Crippen molar-refractivity contribution >= 4 is 6.16 Å². The van der Waals surface area contributed by atoms with Crippen LogP contribution in [0.25, 0.3) is 0 Å². The van der Waals surface area contributed by atoms with Crippen molar-refractivity contribution in [2.75, 3.05) is 19.8 Å². The molecule has 0 amide bonds. The molecular weight excluding hydrogens is 256 g/mol. The zero-order valence-electron chi connectivity index (χ0n) is 13.1. The van der Waals surface area contributed by atoms with Crippen LogP contribution in [0.2, 0.25) is 0 Å². The van der Waals surface area contributed by atoms with Gasteiger partial charge in [0.05, 0.1) is 19.8 Å². The predicted octanol–water partition coefficient (Wildman–Crippen LogP) is 5.01. The van der Waals surface area contributed by atoms with Crippen molar-refractivity contribution < 1.29 is 19.4 Å². The molecule has 1 rings (SSSR count). The lowest BCUT2D eigenvalue weighted by molar-refractivity contribution is 0.0899. The summed E-state index contributed by atoms with van der Waals surface area (Å²) in [5.74, 6) is 0. The van der Waals surface area contributed by atoms with E-state index < -0.39 is 6.16 Å². The van der Waals surface area contributed by atoms with Gasteiger partial charge in [0, 0.05) is 0 Å². The Morgan fingerprint density at radius 3 is 1.65 bits per heavy atom. The third kappa shape index (κ3) is 22.4. The van der Waals surface area contributed by atoms with Crippen LogP contribution in [0.3, 0.4) is 0 Å².